The van der Waals surface area contributed by atoms with Crippen LogP contribution in [-0.2, 0) is 0 Å². The Hall–Kier alpha value is -0.820. The van der Waals surface area contributed by atoms with Crippen LogP contribution in [-0.4, -0.2) is 33.1 Å². The van der Waals surface area contributed by atoms with Gasteiger partial charge < -0.3 is 15.3 Å². The SMILES string of the molecule is C=CCO.CC(C)CC(C)(O)C#CC(C)(O)CC(C)C. The highest BCUT2D eigenvalue weighted by atomic mass is 16.3. The standard InChI is InChI=1S/C14H26O2.C3H6O/c1-11(2)9-13(5,15)7-8-14(6,16)10-12(3)4;1-2-3-4/h11-12,15-16H,9-10H2,1-6H3;2,4H,1,3H2. The molecule has 0 aromatic carbocycles. The summed E-state index contributed by atoms with van der Waals surface area (Å²) in [6.45, 7) is 14.9. The molecule has 0 aromatic heterocycles. The third-order valence-electron chi connectivity index (χ3n) is 2.34. The van der Waals surface area contributed by atoms with Crippen LogP contribution >= 0.6 is 0 Å². The zero-order valence-electron chi connectivity index (χ0n) is 13.9. The van der Waals surface area contributed by atoms with Gasteiger partial charge in [-0.15, -0.1) is 6.58 Å². The summed E-state index contributed by atoms with van der Waals surface area (Å²) in [5.41, 5.74) is -2.01. The highest BCUT2D eigenvalue weighted by Gasteiger charge is 2.22. The van der Waals surface area contributed by atoms with Gasteiger partial charge in [0.1, 0.15) is 11.2 Å². The summed E-state index contributed by atoms with van der Waals surface area (Å²) in [5.74, 6) is 6.36. The molecule has 3 N–H and O–H groups in total. The van der Waals surface area contributed by atoms with Crippen LogP contribution in [0.4, 0.5) is 0 Å². The molecule has 118 valence electrons. The maximum Gasteiger partial charge on any atom is 0.123 e. The topological polar surface area (TPSA) is 60.7 Å². The van der Waals surface area contributed by atoms with Gasteiger partial charge in [0.2, 0.25) is 0 Å². The van der Waals surface area contributed by atoms with E-state index in [-0.39, 0.29) is 6.61 Å². The first kappa shape index (κ1) is 21.5. The second-order valence-electron chi connectivity index (χ2n) is 6.46. The Bertz CT molecular complexity index is 291. The molecule has 0 radical (unpaired) electrons. The molecule has 0 amide bonds. The predicted molar refractivity (Wildman–Crippen MR) is 85.2 cm³/mol. The molecule has 0 aliphatic heterocycles. The van der Waals surface area contributed by atoms with Crippen molar-refractivity contribution in [2.45, 2.75) is 65.6 Å². The Balaban J connectivity index is 0. The molecular formula is C17H32O3. The molecule has 20 heavy (non-hydrogen) atoms. The molecule has 0 aliphatic carbocycles. The Morgan fingerprint density at radius 3 is 1.35 bits per heavy atom. The van der Waals surface area contributed by atoms with Crippen molar-refractivity contribution in [1.82, 2.24) is 0 Å². The molecule has 0 bridgehead atoms. The van der Waals surface area contributed by atoms with Crippen molar-refractivity contribution in [2.24, 2.45) is 11.8 Å². The van der Waals surface area contributed by atoms with Crippen molar-refractivity contribution in [1.29, 1.82) is 0 Å². The van der Waals surface area contributed by atoms with Gasteiger partial charge >= 0.3 is 0 Å². The van der Waals surface area contributed by atoms with Gasteiger partial charge in [-0.2, -0.15) is 0 Å². The predicted octanol–water partition coefficient (Wildman–Crippen LogP) is 2.75. The lowest BCUT2D eigenvalue weighted by atomic mass is 9.91. The van der Waals surface area contributed by atoms with E-state index in [1.54, 1.807) is 13.8 Å². The van der Waals surface area contributed by atoms with Gasteiger partial charge in [-0.25, -0.2) is 0 Å². The second kappa shape index (κ2) is 9.99. The van der Waals surface area contributed by atoms with Crippen LogP contribution < -0.4 is 0 Å². The highest BCUT2D eigenvalue weighted by Crippen LogP contribution is 2.18. The molecule has 0 spiro atoms. The van der Waals surface area contributed by atoms with Crippen LogP contribution in [0.15, 0.2) is 12.7 Å². The summed E-state index contributed by atoms with van der Waals surface area (Å²) in [6, 6.07) is 0. The smallest absolute Gasteiger partial charge is 0.123 e. The van der Waals surface area contributed by atoms with Gasteiger partial charge in [0.25, 0.3) is 0 Å². The molecule has 2 atom stereocenters. The van der Waals surface area contributed by atoms with Gasteiger partial charge in [-0.1, -0.05) is 45.6 Å². The van der Waals surface area contributed by atoms with E-state index >= 15 is 0 Å². The van der Waals surface area contributed by atoms with Crippen LogP contribution in [0, 0.1) is 23.7 Å². The molecule has 0 aliphatic rings. The molecule has 3 nitrogen and oxygen atoms in total. The fourth-order valence-electron chi connectivity index (χ4n) is 1.96. The number of aliphatic hydroxyl groups is 3. The van der Waals surface area contributed by atoms with Crippen molar-refractivity contribution >= 4 is 0 Å². The minimum Gasteiger partial charge on any atom is -0.392 e. The Morgan fingerprint density at radius 1 is 0.950 bits per heavy atom. The minimum atomic E-state index is -1.00. The van der Waals surface area contributed by atoms with E-state index in [0.29, 0.717) is 24.7 Å². The zero-order chi connectivity index (χ0) is 16.4. The minimum absolute atomic E-state index is 0.0833. The molecule has 0 heterocycles. The van der Waals surface area contributed by atoms with Gasteiger partial charge in [-0.05, 0) is 38.5 Å². The quantitative estimate of drug-likeness (QED) is 0.537. The summed E-state index contributed by atoms with van der Waals surface area (Å²) in [5, 5.41) is 27.8. The van der Waals surface area contributed by atoms with Crippen LogP contribution in [0.1, 0.15) is 54.4 Å². The van der Waals surface area contributed by atoms with Crippen LogP contribution in [0.25, 0.3) is 0 Å². The number of rotatable bonds is 5. The first-order valence-corrected chi connectivity index (χ1v) is 7.16. The van der Waals surface area contributed by atoms with E-state index < -0.39 is 11.2 Å². The summed E-state index contributed by atoms with van der Waals surface area (Å²) < 4.78 is 0. The lowest BCUT2D eigenvalue weighted by Crippen LogP contribution is -2.28. The summed E-state index contributed by atoms with van der Waals surface area (Å²) in [4.78, 5) is 0. The average Bonchev–Trinajstić information content (AvgIpc) is 2.24. The van der Waals surface area contributed by atoms with Crippen molar-refractivity contribution < 1.29 is 15.3 Å². The fraction of sp³-hybridized carbons (Fsp3) is 0.765. The largest absolute Gasteiger partial charge is 0.392 e. The summed E-state index contributed by atoms with van der Waals surface area (Å²) in [7, 11) is 0. The average molecular weight is 284 g/mol. The fourth-order valence-corrected chi connectivity index (χ4v) is 1.96. The summed E-state index contributed by atoms with van der Waals surface area (Å²) >= 11 is 0. The number of hydrogen-bond donors (Lipinski definition) is 3. The zero-order valence-corrected chi connectivity index (χ0v) is 13.9. The van der Waals surface area contributed by atoms with Gasteiger partial charge in [0.15, 0.2) is 0 Å². The maximum absolute atomic E-state index is 10.00. The van der Waals surface area contributed by atoms with Crippen molar-refractivity contribution in [2.75, 3.05) is 6.61 Å². The third kappa shape index (κ3) is 15.2. The molecule has 3 heteroatoms. The third-order valence-corrected chi connectivity index (χ3v) is 2.34. The first-order valence-electron chi connectivity index (χ1n) is 7.16. The van der Waals surface area contributed by atoms with Gasteiger partial charge in [-0.3, -0.25) is 0 Å². The van der Waals surface area contributed by atoms with E-state index in [0.717, 1.165) is 0 Å². The lowest BCUT2D eigenvalue weighted by Gasteiger charge is -2.22. The van der Waals surface area contributed by atoms with Crippen molar-refractivity contribution in [3.05, 3.63) is 12.7 Å². The van der Waals surface area contributed by atoms with E-state index in [1.807, 2.05) is 27.7 Å². The van der Waals surface area contributed by atoms with Gasteiger partial charge in [0.05, 0.1) is 6.61 Å². The monoisotopic (exact) mass is 284 g/mol. The molecule has 0 saturated carbocycles. The Morgan fingerprint density at radius 2 is 1.20 bits per heavy atom. The Labute approximate surface area is 124 Å². The molecule has 0 rings (SSSR count). The second-order valence-corrected chi connectivity index (χ2v) is 6.46. The van der Waals surface area contributed by atoms with Crippen LogP contribution in [0.3, 0.4) is 0 Å². The summed E-state index contributed by atoms with van der Waals surface area (Å²) in [6.07, 6.45) is 2.68. The van der Waals surface area contributed by atoms with E-state index in [1.165, 1.54) is 6.08 Å². The lowest BCUT2D eigenvalue weighted by molar-refractivity contribution is 0.0859. The highest BCUT2D eigenvalue weighted by molar-refractivity contribution is 5.19. The maximum atomic E-state index is 10.00. The Kier molecular flexibility index (Phi) is 10.7. The molecule has 0 aromatic rings. The molecule has 2 unspecified atom stereocenters. The van der Waals surface area contributed by atoms with Crippen LogP contribution in [0.2, 0.25) is 0 Å². The van der Waals surface area contributed by atoms with Crippen molar-refractivity contribution in [3.8, 4) is 11.8 Å². The van der Waals surface area contributed by atoms with Crippen LogP contribution in [0.5, 0.6) is 0 Å². The number of hydrogen-bond acceptors (Lipinski definition) is 3. The van der Waals surface area contributed by atoms with Gasteiger partial charge in [0, 0.05) is 0 Å². The molecule has 0 saturated heterocycles. The normalized spacial score (nSPS) is 16.4. The molecular weight excluding hydrogens is 252 g/mol. The number of aliphatic hydroxyl groups excluding tert-OH is 1. The van der Waals surface area contributed by atoms with Crippen molar-refractivity contribution in [3.63, 3.8) is 0 Å². The van der Waals surface area contributed by atoms with E-state index in [4.69, 9.17) is 5.11 Å². The first-order chi connectivity index (χ1) is 8.95. The van der Waals surface area contributed by atoms with E-state index in [9.17, 15) is 10.2 Å². The molecule has 0 fully saturated rings. The van der Waals surface area contributed by atoms with E-state index in [2.05, 4.69) is 18.4 Å².